The summed E-state index contributed by atoms with van der Waals surface area (Å²) in [6.45, 7) is 2.47. The van der Waals surface area contributed by atoms with E-state index >= 15 is 0 Å². The van der Waals surface area contributed by atoms with E-state index in [1.165, 1.54) is 0 Å². The first kappa shape index (κ1) is 35.7. The Morgan fingerprint density at radius 1 is 1.10 bits per heavy atom. The SMILES string of the molecule is CC/C=C\C/C=C\C/C=C\CCCCCCCCOP(=O)(O)OC[C@H]1O[C@@H](n2cc(F)c(=O)[nH]c2=O)C[C@@]1(O)C(C)=O. The summed E-state index contributed by atoms with van der Waals surface area (Å²) in [6, 6.07) is 0. The minimum absolute atomic E-state index is 0.0184. The Labute approximate surface area is 245 Å². The summed E-state index contributed by atoms with van der Waals surface area (Å²) in [5, 5.41) is 10.8. The Balaban J connectivity index is 1.65. The average molecular weight is 615 g/mol. The Morgan fingerprint density at radius 2 is 1.71 bits per heavy atom. The lowest BCUT2D eigenvalue weighted by Crippen LogP contribution is -2.47. The van der Waals surface area contributed by atoms with Crippen LogP contribution in [0.3, 0.4) is 0 Å². The quantitative estimate of drug-likeness (QED) is 0.104. The predicted octanol–water partition coefficient (Wildman–Crippen LogP) is 5.01. The van der Waals surface area contributed by atoms with Crippen molar-refractivity contribution in [3.8, 4) is 0 Å². The minimum Gasteiger partial charge on any atom is -0.379 e. The van der Waals surface area contributed by atoms with Gasteiger partial charge in [-0.1, -0.05) is 69.1 Å². The average Bonchev–Trinajstić information content (AvgIpc) is 3.28. The molecule has 0 saturated carbocycles. The van der Waals surface area contributed by atoms with Gasteiger partial charge in [0.25, 0.3) is 5.56 Å². The molecule has 2 rings (SSSR count). The molecule has 42 heavy (non-hydrogen) atoms. The van der Waals surface area contributed by atoms with Gasteiger partial charge in [0.15, 0.2) is 11.4 Å². The molecule has 236 valence electrons. The summed E-state index contributed by atoms with van der Waals surface area (Å²) in [5.41, 5.74) is -4.43. The van der Waals surface area contributed by atoms with E-state index in [0.29, 0.717) is 17.2 Å². The molecule has 1 fully saturated rings. The zero-order valence-corrected chi connectivity index (χ0v) is 25.3. The number of aromatic amines is 1. The number of hydrogen-bond acceptors (Lipinski definition) is 8. The molecule has 0 amide bonds. The van der Waals surface area contributed by atoms with Crippen molar-refractivity contribution in [2.45, 2.75) is 102 Å². The molecule has 0 bridgehead atoms. The number of allylic oxidation sites excluding steroid dienone is 6. The molecule has 3 N–H and O–H groups in total. The van der Waals surface area contributed by atoms with Crippen LogP contribution in [0, 0.1) is 5.82 Å². The molecular weight excluding hydrogens is 570 g/mol. The van der Waals surface area contributed by atoms with E-state index in [4.69, 9.17) is 13.8 Å². The number of aromatic nitrogens is 2. The van der Waals surface area contributed by atoms with Crippen molar-refractivity contribution in [3.05, 3.63) is 69.3 Å². The van der Waals surface area contributed by atoms with Crippen molar-refractivity contribution < 1.29 is 37.5 Å². The summed E-state index contributed by atoms with van der Waals surface area (Å²) in [5.74, 6) is -2.01. The first-order valence-corrected chi connectivity index (χ1v) is 16.0. The number of H-pyrrole nitrogens is 1. The van der Waals surface area contributed by atoms with Gasteiger partial charge < -0.3 is 14.7 Å². The summed E-state index contributed by atoms with van der Waals surface area (Å²) < 4.78 is 42.2. The fraction of sp³-hybridized carbons (Fsp3) is 0.621. The molecule has 1 aliphatic rings. The third-order valence-corrected chi connectivity index (χ3v) is 7.86. The Kier molecular flexibility index (Phi) is 15.5. The zero-order valence-electron chi connectivity index (χ0n) is 24.4. The van der Waals surface area contributed by atoms with Crippen LogP contribution in [-0.4, -0.2) is 50.3 Å². The molecule has 1 saturated heterocycles. The molecule has 0 spiro atoms. The molecule has 1 aliphatic heterocycles. The molecule has 2 heterocycles. The number of carbonyl (C=O) groups excluding carboxylic acids is 1. The van der Waals surface area contributed by atoms with Crippen LogP contribution in [0.25, 0.3) is 0 Å². The molecule has 1 aromatic rings. The van der Waals surface area contributed by atoms with Gasteiger partial charge in [-0.05, 0) is 45.4 Å². The molecule has 0 aliphatic carbocycles. The fourth-order valence-electron chi connectivity index (χ4n) is 4.41. The first-order chi connectivity index (χ1) is 20.0. The number of nitrogens with zero attached hydrogens (tertiary/aromatic N) is 1. The fourth-order valence-corrected chi connectivity index (χ4v) is 5.17. The summed E-state index contributed by atoms with van der Waals surface area (Å²) in [7, 11) is -4.53. The van der Waals surface area contributed by atoms with E-state index in [-0.39, 0.29) is 6.61 Å². The Hall–Kier alpha value is -2.47. The smallest absolute Gasteiger partial charge is 0.379 e. The van der Waals surface area contributed by atoms with Crippen LogP contribution < -0.4 is 11.2 Å². The van der Waals surface area contributed by atoms with E-state index in [9.17, 15) is 33.3 Å². The minimum atomic E-state index is -4.53. The maximum absolute atomic E-state index is 13.7. The molecule has 0 aromatic carbocycles. The van der Waals surface area contributed by atoms with E-state index < -0.39 is 61.6 Å². The highest BCUT2D eigenvalue weighted by Crippen LogP contribution is 2.46. The summed E-state index contributed by atoms with van der Waals surface area (Å²) >= 11 is 0. The highest BCUT2D eigenvalue weighted by molar-refractivity contribution is 7.47. The van der Waals surface area contributed by atoms with Crippen LogP contribution in [0.4, 0.5) is 4.39 Å². The van der Waals surface area contributed by atoms with Gasteiger partial charge >= 0.3 is 13.5 Å². The van der Waals surface area contributed by atoms with E-state index in [2.05, 4.69) is 43.4 Å². The topological polar surface area (TPSA) is 157 Å². The van der Waals surface area contributed by atoms with Crippen LogP contribution in [0.15, 0.2) is 52.2 Å². The number of rotatable bonds is 20. The van der Waals surface area contributed by atoms with Gasteiger partial charge in [0.1, 0.15) is 12.3 Å². The highest BCUT2D eigenvalue weighted by atomic mass is 31.2. The number of hydrogen-bond donors (Lipinski definition) is 3. The lowest BCUT2D eigenvalue weighted by molar-refractivity contribution is -0.144. The van der Waals surface area contributed by atoms with Crippen molar-refractivity contribution in [1.29, 1.82) is 0 Å². The van der Waals surface area contributed by atoms with Gasteiger partial charge in [0.05, 0.1) is 19.4 Å². The number of phosphoric acid groups is 1. The number of ketones is 1. The van der Waals surface area contributed by atoms with Crippen LogP contribution in [-0.2, 0) is 23.1 Å². The number of Topliss-reactive ketones (excluding diaryl/α,β-unsaturated/α-hetero) is 1. The molecule has 0 radical (unpaired) electrons. The maximum Gasteiger partial charge on any atom is 0.472 e. The van der Waals surface area contributed by atoms with Gasteiger partial charge in [-0.2, -0.15) is 4.39 Å². The van der Waals surface area contributed by atoms with Crippen molar-refractivity contribution in [1.82, 2.24) is 9.55 Å². The molecule has 11 nitrogen and oxygen atoms in total. The van der Waals surface area contributed by atoms with Gasteiger partial charge in [-0.15, -0.1) is 0 Å². The number of phosphoric ester groups is 1. The lowest BCUT2D eigenvalue weighted by Gasteiger charge is -2.25. The largest absolute Gasteiger partial charge is 0.472 e. The second-order valence-electron chi connectivity index (χ2n) is 10.2. The maximum atomic E-state index is 13.7. The molecule has 13 heteroatoms. The monoisotopic (exact) mass is 614 g/mol. The number of ether oxygens (including phenoxy) is 1. The first-order valence-electron chi connectivity index (χ1n) is 14.5. The van der Waals surface area contributed by atoms with E-state index in [0.717, 1.165) is 64.7 Å². The van der Waals surface area contributed by atoms with Crippen LogP contribution >= 0.6 is 7.82 Å². The third kappa shape index (κ3) is 12.0. The molecular formula is C29H44FN2O9P. The molecule has 4 atom stereocenters. The van der Waals surface area contributed by atoms with E-state index in [1.54, 1.807) is 4.98 Å². The molecule has 1 aromatic heterocycles. The Bertz CT molecular complexity index is 1240. The normalized spacial score (nSPS) is 22.5. The second-order valence-corrected chi connectivity index (χ2v) is 11.7. The standard InChI is InChI=1S/C29H44FN2O9P/c1-3-4-5-6-7-8-9-10-11-12-13-14-15-16-17-18-19-39-42(37,38)40-22-25-29(36,23(2)33)20-26(41-25)32-21-24(30)27(34)31-28(32)35/h4-5,7-8,10-11,21,25-26,36H,3,6,9,12-20,22H2,1-2H3,(H,37,38)(H,31,34,35)/b5-4-,8-7-,11-10-/t25-,26-,29-/m1/s1. The molecule has 1 unspecified atom stereocenters. The Morgan fingerprint density at radius 3 is 2.38 bits per heavy atom. The highest BCUT2D eigenvalue weighted by Gasteiger charge is 2.52. The number of nitrogens with one attached hydrogen (secondary N) is 1. The van der Waals surface area contributed by atoms with Gasteiger partial charge in [0, 0.05) is 6.42 Å². The second kappa shape index (κ2) is 18.3. The van der Waals surface area contributed by atoms with Crippen molar-refractivity contribution in [3.63, 3.8) is 0 Å². The zero-order chi connectivity index (χ0) is 31.0. The van der Waals surface area contributed by atoms with E-state index in [1.807, 2.05) is 0 Å². The number of unbranched alkanes of at least 4 members (excludes halogenated alkanes) is 6. The van der Waals surface area contributed by atoms with Crippen molar-refractivity contribution in [2.75, 3.05) is 13.2 Å². The third-order valence-electron chi connectivity index (χ3n) is 6.87. The number of halogens is 1. The summed E-state index contributed by atoms with van der Waals surface area (Å²) in [4.78, 5) is 47.3. The summed E-state index contributed by atoms with van der Waals surface area (Å²) in [6.07, 6.45) is 20.0. The number of aliphatic hydroxyl groups is 1. The number of carbonyl (C=O) groups is 1. The predicted molar refractivity (Wildman–Crippen MR) is 156 cm³/mol. The van der Waals surface area contributed by atoms with Crippen LogP contribution in [0.1, 0.15) is 90.7 Å². The van der Waals surface area contributed by atoms with Gasteiger partial charge in [-0.25, -0.2) is 9.36 Å². The van der Waals surface area contributed by atoms with Crippen molar-refractivity contribution >= 4 is 13.6 Å². The van der Waals surface area contributed by atoms with Gasteiger partial charge in [-0.3, -0.25) is 28.2 Å². The van der Waals surface area contributed by atoms with Gasteiger partial charge in [0.2, 0.25) is 5.82 Å². The van der Waals surface area contributed by atoms with Crippen LogP contribution in [0.2, 0.25) is 0 Å². The van der Waals surface area contributed by atoms with Crippen molar-refractivity contribution in [2.24, 2.45) is 0 Å². The van der Waals surface area contributed by atoms with Crippen LogP contribution in [0.5, 0.6) is 0 Å². The lowest BCUT2D eigenvalue weighted by atomic mass is 9.91.